The number of benzene rings is 1. The number of pyridine rings is 2. The molecule has 0 fully saturated rings. The van der Waals surface area contributed by atoms with Gasteiger partial charge in [0.2, 0.25) is 0 Å². The number of ether oxygens (including phenoxy) is 1. The van der Waals surface area contributed by atoms with Gasteiger partial charge in [0.05, 0.1) is 40.6 Å². The van der Waals surface area contributed by atoms with Gasteiger partial charge in [0.1, 0.15) is 17.5 Å². The number of carbonyl (C=O) groups is 1. The third-order valence-electron chi connectivity index (χ3n) is 5.02. The van der Waals surface area contributed by atoms with Crippen LogP contribution in [0.1, 0.15) is 30.2 Å². The Morgan fingerprint density at radius 3 is 2.53 bits per heavy atom. The molecule has 0 saturated carbocycles. The molecule has 5 N–H and O–H groups in total. The summed E-state index contributed by atoms with van der Waals surface area (Å²) in [6.07, 6.45) is 2.62. The van der Waals surface area contributed by atoms with E-state index in [4.69, 9.17) is 16.2 Å². The Labute approximate surface area is 205 Å². The van der Waals surface area contributed by atoms with Crippen LogP contribution in [0.2, 0.25) is 0 Å². The second-order valence-electron chi connectivity index (χ2n) is 8.14. The van der Waals surface area contributed by atoms with E-state index < -0.39 is 23.1 Å². The van der Waals surface area contributed by atoms with E-state index in [0.717, 1.165) is 6.07 Å². The van der Waals surface area contributed by atoms with E-state index in [1.165, 1.54) is 30.6 Å². The summed E-state index contributed by atoms with van der Waals surface area (Å²) in [5.41, 5.74) is 12.4. The maximum Gasteiger partial charge on any atom is 0.276 e. The quantitative estimate of drug-likeness (QED) is 0.360. The average molecular weight is 492 g/mol. The first-order chi connectivity index (χ1) is 17.1. The van der Waals surface area contributed by atoms with E-state index in [0.29, 0.717) is 22.8 Å². The van der Waals surface area contributed by atoms with Crippen molar-refractivity contribution in [1.29, 1.82) is 0 Å². The second-order valence-corrected chi connectivity index (χ2v) is 8.14. The smallest absolute Gasteiger partial charge is 0.276 e. The number of halogens is 2. The van der Waals surface area contributed by atoms with Gasteiger partial charge in [-0.3, -0.25) is 9.78 Å². The first-order valence-corrected chi connectivity index (χ1v) is 10.9. The Morgan fingerprint density at radius 2 is 1.81 bits per heavy atom. The number of aryl methyl sites for hydroxylation is 1. The van der Waals surface area contributed by atoms with Crippen molar-refractivity contribution in [2.75, 3.05) is 16.8 Å². The molecule has 0 bridgehead atoms. The number of anilines is 3. The average Bonchev–Trinajstić information content (AvgIpc) is 2.81. The highest BCUT2D eigenvalue weighted by Crippen LogP contribution is 2.33. The van der Waals surface area contributed by atoms with Gasteiger partial charge in [-0.15, -0.1) is 0 Å². The summed E-state index contributed by atoms with van der Waals surface area (Å²) >= 11 is 0. The standard InChI is InChI=1S/C25H23F2N7O2/c1-12(2)36-20-7-4-15(26)22(23(20)27)17-6-5-16(28)24(33-17)25(35)34-19-11-30-9-8-14(19)18-10-21(29)32-13(3)31-18/h4-12H,28H2,1-3H3,(H,34,35)(H2,29,31,32). The van der Waals surface area contributed by atoms with E-state index >= 15 is 4.39 Å². The zero-order chi connectivity index (χ0) is 26.0. The number of aromatic nitrogens is 4. The highest BCUT2D eigenvalue weighted by atomic mass is 19.1. The normalized spacial score (nSPS) is 10.9. The van der Waals surface area contributed by atoms with E-state index in [9.17, 15) is 9.18 Å². The summed E-state index contributed by atoms with van der Waals surface area (Å²) in [6.45, 7) is 5.13. The Balaban J connectivity index is 1.72. The fourth-order valence-corrected chi connectivity index (χ4v) is 3.53. The van der Waals surface area contributed by atoms with Crippen LogP contribution < -0.4 is 21.5 Å². The van der Waals surface area contributed by atoms with Crippen LogP contribution in [0.4, 0.5) is 26.0 Å². The van der Waals surface area contributed by atoms with Gasteiger partial charge in [-0.1, -0.05) is 0 Å². The number of nitrogens with two attached hydrogens (primary N) is 2. The molecule has 1 aromatic carbocycles. The maximum absolute atomic E-state index is 15.1. The van der Waals surface area contributed by atoms with Crippen molar-refractivity contribution < 1.29 is 18.3 Å². The van der Waals surface area contributed by atoms with Crippen LogP contribution in [0.25, 0.3) is 22.5 Å². The molecule has 4 aromatic rings. The molecule has 0 atom stereocenters. The van der Waals surface area contributed by atoms with E-state index in [2.05, 4.69) is 25.3 Å². The topological polar surface area (TPSA) is 142 Å². The lowest BCUT2D eigenvalue weighted by molar-refractivity contribution is 0.102. The molecule has 9 nitrogen and oxygen atoms in total. The van der Waals surface area contributed by atoms with Crippen molar-refractivity contribution in [3.05, 3.63) is 71.9 Å². The van der Waals surface area contributed by atoms with Gasteiger partial charge in [-0.05, 0) is 51.1 Å². The van der Waals surface area contributed by atoms with Gasteiger partial charge < -0.3 is 21.5 Å². The minimum absolute atomic E-state index is 0.0132. The van der Waals surface area contributed by atoms with Crippen LogP contribution in [0.3, 0.4) is 0 Å². The van der Waals surface area contributed by atoms with Crippen molar-refractivity contribution in [2.24, 2.45) is 0 Å². The SMILES string of the molecule is Cc1nc(N)cc(-c2ccncc2NC(=O)c2nc(-c3c(F)ccc(OC(C)C)c3F)ccc2N)n1. The molecular formula is C25H23F2N7O2. The molecule has 36 heavy (non-hydrogen) atoms. The number of rotatable bonds is 6. The summed E-state index contributed by atoms with van der Waals surface area (Å²) in [7, 11) is 0. The van der Waals surface area contributed by atoms with Gasteiger partial charge in [0.15, 0.2) is 17.3 Å². The van der Waals surface area contributed by atoms with Crippen LogP contribution in [-0.2, 0) is 0 Å². The lowest BCUT2D eigenvalue weighted by atomic mass is 10.1. The Hall–Kier alpha value is -4.67. The third kappa shape index (κ3) is 5.04. The first kappa shape index (κ1) is 24.5. The van der Waals surface area contributed by atoms with Crippen molar-refractivity contribution in [3.63, 3.8) is 0 Å². The predicted octanol–water partition coefficient (Wildman–Crippen LogP) is 4.39. The monoisotopic (exact) mass is 491 g/mol. The van der Waals surface area contributed by atoms with Crippen molar-refractivity contribution >= 4 is 23.1 Å². The zero-order valence-corrected chi connectivity index (χ0v) is 19.7. The molecule has 184 valence electrons. The lowest BCUT2D eigenvalue weighted by Gasteiger charge is -2.15. The second kappa shape index (κ2) is 9.90. The summed E-state index contributed by atoms with van der Waals surface area (Å²) in [6, 6.07) is 8.16. The molecule has 11 heteroatoms. The minimum Gasteiger partial charge on any atom is -0.488 e. The van der Waals surface area contributed by atoms with Crippen LogP contribution in [-0.4, -0.2) is 31.9 Å². The fraction of sp³-hybridized carbons (Fsp3) is 0.160. The highest BCUT2D eigenvalue weighted by molar-refractivity contribution is 6.08. The summed E-state index contributed by atoms with van der Waals surface area (Å²) in [5, 5.41) is 2.69. The molecule has 0 radical (unpaired) electrons. The number of amides is 1. The van der Waals surface area contributed by atoms with Gasteiger partial charge in [-0.25, -0.2) is 23.7 Å². The molecule has 0 saturated heterocycles. The van der Waals surface area contributed by atoms with E-state index in [-0.39, 0.29) is 34.7 Å². The van der Waals surface area contributed by atoms with Gasteiger partial charge in [-0.2, -0.15) is 0 Å². The number of nitrogen functional groups attached to an aromatic ring is 2. The molecule has 0 aliphatic rings. The third-order valence-corrected chi connectivity index (χ3v) is 5.02. The number of nitrogens with zero attached hydrogens (tertiary/aromatic N) is 4. The molecular weight excluding hydrogens is 468 g/mol. The Kier molecular flexibility index (Phi) is 6.73. The maximum atomic E-state index is 15.1. The molecule has 1 amide bonds. The zero-order valence-electron chi connectivity index (χ0n) is 19.7. The number of carbonyl (C=O) groups excluding carboxylic acids is 1. The molecule has 0 spiro atoms. The van der Waals surface area contributed by atoms with Crippen molar-refractivity contribution in [1.82, 2.24) is 19.9 Å². The fourth-order valence-electron chi connectivity index (χ4n) is 3.53. The Morgan fingerprint density at radius 1 is 1.03 bits per heavy atom. The van der Waals surface area contributed by atoms with Gasteiger partial charge in [0, 0.05) is 17.8 Å². The van der Waals surface area contributed by atoms with Crippen LogP contribution in [0, 0.1) is 18.6 Å². The summed E-state index contributed by atoms with van der Waals surface area (Å²) in [5.74, 6) is -1.93. The molecule has 3 aromatic heterocycles. The molecule has 4 rings (SSSR count). The van der Waals surface area contributed by atoms with Crippen molar-refractivity contribution in [3.8, 4) is 28.3 Å². The van der Waals surface area contributed by atoms with Crippen LogP contribution >= 0.6 is 0 Å². The summed E-state index contributed by atoms with van der Waals surface area (Å²) < 4.78 is 35.2. The van der Waals surface area contributed by atoms with Crippen LogP contribution in [0.15, 0.2) is 48.8 Å². The lowest BCUT2D eigenvalue weighted by Crippen LogP contribution is -2.17. The number of hydrogen-bond acceptors (Lipinski definition) is 8. The first-order valence-electron chi connectivity index (χ1n) is 10.9. The predicted molar refractivity (Wildman–Crippen MR) is 132 cm³/mol. The Bertz CT molecular complexity index is 1440. The number of nitrogens with one attached hydrogen (secondary N) is 1. The molecule has 0 unspecified atom stereocenters. The summed E-state index contributed by atoms with van der Waals surface area (Å²) in [4.78, 5) is 29.8. The minimum atomic E-state index is -0.932. The molecule has 0 aliphatic heterocycles. The molecule has 3 heterocycles. The van der Waals surface area contributed by atoms with Gasteiger partial charge >= 0.3 is 0 Å². The van der Waals surface area contributed by atoms with E-state index in [1.807, 2.05) is 0 Å². The van der Waals surface area contributed by atoms with Crippen LogP contribution in [0.5, 0.6) is 5.75 Å². The van der Waals surface area contributed by atoms with E-state index in [1.54, 1.807) is 32.9 Å². The van der Waals surface area contributed by atoms with Gasteiger partial charge in [0.25, 0.3) is 5.91 Å². The number of hydrogen-bond donors (Lipinski definition) is 3. The highest BCUT2D eigenvalue weighted by Gasteiger charge is 2.22. The largest absolute Gasteiger partial charge is 0.488 e. The van der Waals surface area contributed by atoms with Crippen molar-refractivity contribution in [2.45, 2.75) is 26.9 Å². The molecule has 0 aliphatic carbocycles.